The SMILES string of the molecule is OC[C@H]1O[C@@H]2SC(N3CCCCC3)=N[C@@H]2[C@@H](O)[C@H]1O. The Morgan fingerprint density at radius 2 is 1.95 bits per heavy atom. The number of nitrogens with zero attached hydrogens (tertiary/aromatic N) is 2. The molecule has 0 aromatic heterocycles. The van der Waals surface area contributed by atoms with Crippen LogP contribution in [-0.2, 0) is 4.74 Å². The van der Waals surface area contributed by atoms with Crippen LogP contribution in [0.5, 0.6) is 0 Å². The first-order chi connectivity index (χ1) is 9.20. The number of aliphatic imine (C=N–C) groups is 1. The predicted molar refractivity (Wildman–Crippen MR) is 72.0 cm³/mol. The molecule has 19 heavy (non-hydrogen) atoms. The van der Waals surface area contributed by atoms with Crippen molar-refractivity contribution in [1.29, 1.82) is 0 Å². The molecule has 3 heterocycles. The Labute approximate surface area is 116 Å². The second-order valence-corrected chi connectivity index (χ2v) is 6.34. The van der Waals surface area contributed by atoms with Crippen LogP contribution in [0.2, 0.25) is 0 Å². The lowest BCUT2D eigenvalue weighted by Gasteiger charge is -2.37. The van der Waals surface area contributed by atoms with Gasteiger partial charge in [-0.25, -0.2) is 0 Å². The quantitative estimate of drug-likeness (QED) is 0.596. The van der Waals surface area contributed by atoms with Gasteiger partial charge in [-0.15, -0.1) is 0 Å². The fraction of sp³-hybridized carbons (Fsp3) is 0.917. The molecule has 108 valence electrons. The van der Waals surface area contributed by atoms with Crippen molar-refractivity contribution >= 4 is 16.9 Å². The van der Waals surface area contributed by atoms with Crippen molar-refractivity contribution in [3.8, 4) is 0 Å². The monoisotopic (exact) mass is 288 g/mol. The number of fused-ring (bicyclic) bond motifs is 1. The van der Waals surface area contributed by atoms with Gasteiger partial charge in [-0.2, -0.15) is 0 Å². The number of thioether (sulfide) groups is 1. The van der Waals surface area contributed by atoms with E-state index >= 15 is 0 Å². The van der Waals surface area contributed by atoms with E-state index in [-0.39, 0.29) is 12.0 Å². The van der Waals surface area contributed by atoms with Gasteiger partial charge >= 0.3 is 0 Å². The summed E-state index contributed by atoms with van der Waals surface area (Å²) in [5.41, 5.74) is -0.299. The van der Waals surface area contributed by atoms with E-state index in [1.54, 1.807) is 0 Å². The molecular formula is C12H20N2O4S. The maximum atomic E-state index is 10.1. The summed E-state index contributed by atoms with van der Waals surface area (Å²) in [5, 5.41) is 30.0. The zero-order chi connectivity index (χ0) is 13.4. The van der Waals surface area contributed by atoms with Crippen LogP contribution in [0.15, 0.2) is 4.99 Å². The minimum absolute atomic E-state index is 0.291. The zero-order valence-corrected chi connectivity index (χ0v) is 11.5. The molecule has 3 rings (SSSR count). The molecule has 3 N–H and O–H groups in total. The van der Waals surface area contributed by atoms with Crippen molar-refractivity contribution in [1.82, 2.24) is 4.90 Å². The summed E-state index contributed by atoms with van der Waals surface area (Å²) in [5.74, 6) is 0. The number of ether oxygens (including phenoxy) is 1. The Morgan fingerprint density at radius 3 is 2.63 bits per heavy atom. The van der Waals surface area contributed by atoms with Crippen molar-refractivity contribution in [3.63, 3.8) is 0 Å². The van der Waals surface area contributed by atoms with Gasteiger partial charge in [0, 0.05) is 13.1 Å². The van der Waals surface area contributed by atoms with E-state index < -0.39 is 24.4 Å². The summed E-state index contributed by atoms with van der Waals surface area (Å²) in [7, 11) is 0. The van der Waals surface area contributed by atoms with Crippen molar-refractivity contribution in [2.45, 2.75) is 49.1 Å². The minimum atomic E-state index is -1.07. The second-order valence-electron chi connectivity index (χ2n) is 5.27. The number of hydrogen-bond donors (Lipinski definition) is 3. The number of rotatable bonds is 1. The van der Waals surface area contributed by atoms with Crippen LogP contribution in [0.25, 0.3) is 0 Å². The standard InChI is InChI=1S/C12H20N2O4S/c15-6-7-9(16)10(17)8-11(18-7)19-12(13-8)14-4-2-1-3-5-14/h7-11,15-17H,1-6H2/t7-,8-,9+,10-,11-/m1/s1. The first kappa shape index (κ1) is 13.6. The molecule has 6 nitrogen and oxygen atoms in total. The molecule has 0 saturated carbocycles. The average Bonchev–Trinajstić information content (AvgIpc) is 2.88. The topological polar surface area (TPSA) is 85.5 Å². The molecule has 7 heteroatoms. The highest BCUT2D eigenvalue weighted by Gasteiger charge is 2.48. The third-order valence-corrected chi connectivity index (χ3v) is 5.15. The summed E-state index contributed by atoms with van der Waals surface area (Å²) in [4.78, 5) is 6.75. The van der Waals surface area contributed by atoms with Crippen LogP contribution in [0, 0.1) is 0 Å². The van der Waals surface area contributed by atoms with Crippen molar-refractivity contribution < 1.29 is 20.1 Å². The first-order valence-electron chi connectivity index (χ1n) is 6.82. The normalized spacial score (nSPS) is 43.0. The molecule has 0 aromatic carbocycles. The molecule has 0 aliphatic carbocycles. The average molecular weight is 288 g/mol. The van der Waals surface area contributed by atoms with E-state index in [9.17, 15) is 10.2 Å². The Bertz CT molecular complexity index is 362. The highest BCUT2D eigenvalue weighted by Crippen LogP contribution is 2.37. The van der Waals surface area contributed by atoms with Gasteiger partial charge in [-0.3, -0.25) is 4.99 Å². The molecule has 3 aliphatic rings. The fourth-order valence-electron chi connectivity index (χ4n) is 2.81. The van der Waals surface area contributed by atoms with E-state index in [1.165, 1.54) is 31.0 Å². The number of aliphatic hydroxyl groups is 3. The van der Waals surface area contributed by atoms with E-state index in [0.29, 0.717) is 0 Å². The molecule has 2 saturated heterocycles. The van der Waals surface area contributed by atoms with Gasteiger partial charge in [-0.05, 0) is 19.3 Å². The number of amidine groups is 1. The Balaban J connectivity index is 1.72. The molecule has 0 amide bonds. The summed E-state index contributed by atoms with van der Waals surface area (Å²) in [6.07, 6.45) is 0.827. The fourth-order valence-corrected chi connectivity index (χ4v) is 4.09. The smallest absolute Gasteiger partial charge is 0.162 e. The molecule has 2 fully saturated rings. The molecule has 5 atom stereocenters. The lowest BCUT2D eigenvalue weighted by atomic mass is 9.99. The maximum Gasteiger partial charge on any atom is 0.162 e. The summed E-state index contributed by atoms with van der Waals surface area (Å²) < 4.78 is 5.62. The van der Waals surface area contributed by atoms with Gasteiger partial charge in [0.15, 0.2) is 5.17 Å². The number of hydrogen-bond acceptors (Lipinski definition) is 7. The third-order valence-electron chi connectivity index (χ3n) is 3.96. The third kappa shape index (κ3) is 2.50. The van der Waals surface area contributed by atoms with Gasteiger partial charge in [0.2, 0.25) is 0 Å². The lowest BCUT2D eigenvalue weighted by Crippen LogP contribution is -2.55. The van der Waals surface area contributed by atoms with Crippen LogP contribution in [-0.4, -0.2) is 74.9 Å². The van der Waals surface area contributed by atoms with Crippen LogP contribution in [0.3, 0.4) is 0 Å². The molecule has 0 spiro atoms. The molecular weight excluding hydrogens is 268 g/mol. The number of likely N-dealkylation sites (tertiary alicyclic amines) is 1. The van der Waals surface area contributed by atoms with Gasteiger partial charge in [0.25, 0.3) is 0 Å². The lowest BCUT2D eigenvalue weighted by molar-refractivity contribution is -0.164. The van der Waals surface area contributed by atoms with Crippen molar-refractivity contribution in [2.75, 3.05) is 19.7 Å². The minimum Gasteiger partial charge on any atom is -0.394 e. The zero-order valence-electron chi connectivity index (χ0n) is 10.7. The van der Waals surface area contributed by atoms with Gasteiger partial charge in [0.05, 0.1) is 6.61 Å². The molecule has 0 aromatic rings. The van der Waals surface area contributed by atoms with Crippen LogP contribution in [0.4, 0.5) is 0 Å². The van der Waals surface area contributed by atoms with E-state index in [4.69, 9.17) is 9.84 Å². The Morgan fingerprint density at radius 1 is 1.21 bits per heavy atom. The molecule has 0 unspecified atom stereocenters. The van der Waals surface area contributed by atoms with Crippen molar-refractivity contribution in [2.24, 2.45) is 4.99 Å². The first-order valence-corrected chi connectivity index (χ1v) is 7.70. The maximum absolute atomic E-state index is 10.1. The summed E-state index contributed by atoms with van der Waals surface area (Å²) in [6, 6.07) is -0.431. The number of aliphatic hydroxyl groups excluding tert-OH is 3. The van der Waals surface area contributed by atoms with Crippen molar-refractivity contribution in [3.05, 3.63) is 0 Å². The number of piperidine rings is 1. The van der Waals surface area contributed by atoms with Gasteiger partial charge in [0.1, 0.15) is 29.8 Å². The molecule has 0 radical (unpaired) electrons. The van der Waals surface area contributed by atoms with Crippen LogP contribution >= 0.6 is 11.8 Å². The Kier molecular flexibility index (Phi) is 4.00. The summed E-state index contributed by atoms with van der Waals surface area (Å²) >= 11 is 1.50. The molecule has 3 aliphatic heterocycles. The predicted octanol–water partition coefficient (Wildman–Crippen LogP) is -0.617. The second kappa shape index (κ2) is 5.57. The van der Waals surface area contributed by atoms with Crippen LogP contribution in [0.1, 0.15) is 19.3 Å². The van der Waals surface area contributed by atoms with E-state index in [1.807, 2.05) is 0 Å². The van der Waals surface area contributed by atoms with E-state index in [2.05, 4.69) is 9.89 Å². The van der Waals surface area contributed by atoms with Crippen LogP contribution < -0.4 is 0 Å². The summed E-state index contributed by atoms with van der Waals surface area (Å²) in [6.45, 7) is 1.70. The van der Waals surface area contributed by atoms with Gasteiger partial charge in [-0.1, -0.05) is 11.8 Å². The highest BCUT2D eigenvalue weighted by molar-refractivity contribution is 8.14. The van der Waals surface area contributed by atoms with Gasteiger partial charge < -0.3 is 25.0 Å². The van der Waals surface area contributed by atoms with E-state index in [0.717, 1.165) is 18.3 Å². The largest absolute Gasteiger partial charge is 0.394 e. The molecule has 0 bridgehead atoms. The highest BCUT2D eigenvalue weighted by atomic mass is 32.2. The Hall–Kier alpha value is -0.340.